The van der Waals surface area contributed by atoms with Crippen LogP contribution in [0.4, 0.5) is 19.3 Å². The number of hydrogen-bond acceptors (Lipinski definition) is 4. The molecule has 0 spiro atoms. The summed E-state index contributed by atoms with van der Waals surface area (Å²) in [6, 6.07) is 6.98. The van der Waals surface area contributed by atoms with Crippen LogP contribution in [0.5, 0.6) is 0 Å². The molecule has 8 heteroatoms. The first-order valence-electron chi connectivity index (χ1n) is 7.53. The van der Waals surface area contributed by atoms with E-state index in [1.54, 1.807) is 20.8 Å². The van der Waals surface area contributed by atoms with Gasteiger partial charge in [-0.25, -0.2) is 23.1 Å². The molecule has 6 nitrogen and oxygen atoms in total. The first-order valence-corrected chi connectivity index (χ1v) is 7.53. The van der Waals surface area contributed by atoms with E-state index in [2.05, 4.69) is 15.4 Å². The van der Waals surface area contributed by atoms with Gasteiger partial charge in [0, 0.05) is 11.6 Å². The molecule has 3 rings (SSSR count). The molecule has 1 aromatic carbocycles. The van der Waals surface area contributed by atoms with Crippen molar-refractivity contribution in [2.45, 2.75) is 26.4 Å². The molecule has 25 heavy (non-hydrogen) atoms. The average molecular weight is 346 g/mol. The van der Waals surface area contributed by atoms with Gasteiger partial charge in [0.1, 0.15) is 11.4 Å². The number of anilines is 1. The molecular formula is C17H16F2N4O2. The topological polar surface area (TPSA) is 68.5 Å². The van der Waals surface area contributed by atoms with Gasteiger partial charge < -0.3 is 4.74 Å². The van der Waals surface area contributed by atoms with E-state index in [4.69, 9.17) is 4.74 Å². The van der Waals surface area contributed by atoms with Gasteiger partial charge in [0.15, 0.2) is 17.3 Å². The Bertz CT molecular complexity index is 930. The lowest BCUT2D eigenvalue weighted by Gasteiger charge is -2.19. The number of aromatic nitrogens is 3. The van der Waals surface area contributed by atoms with Crippen LogP contribution in [0.1, 0.15) is 20.8 Å². The number of carbonyl (C=O) groups is 1. The number of halogens is 2. The van der Waals surface area contributed by atoms with Gasteiger partial charge in [0.2, 0.25) is 0 Å². The monoisotopic (exact) mass is 346 g/mol. The standard InChI is InChI=1S/C17H16F2N4O2/c1-17(2,3)25-16(24)20-13-8-14-21-15(22-23(14)9-12(13)19)10-4-6-11(18)7-5-10/h4-9H,1-3H3,(H,20,24). The molecule has 2 heterocycles. The van der Waals surface area contributed by atoms with Gasteiger partial charge in [-0.1, -0.05) is 0 Å². The fourth-order valence-corrected chi connectivity index (χ4v) is 2.13. The second-order valence-corrected chi connectivity index (χ2v) is 6.41. The lowest BCUT2D eigenvalue weighted by Crippen LogP contribution is -2.27. The Hall–Kier alpha value is -3.03. The number of carbonyl (C=O) groups excluding carboxylic acids is 1. The van der Waals surface area contributed by atoms with Gasteiger partial charge in [0.05, 0.1) is 11.9 Å². The Morgan fingerprint density at radius 2 is 1.88 bits per heavy atom. The normalized spacial score (nSPS) is 11.6. The van der Waals surface area contributed by atoms with Crippen molar-refractivity contribution >= 4 is 17.4 Å². The third-order valence-electron chi connectivity index (χ3n) is 3.16. The summed E-state index contributed by atoms with van der Waals surface area (Å²) >= 11 is 0. The summed E-state index contributed by atoms with van der Waals surface area (Å²) < 4.78 is 33.5. The molecule has 1 N–H and O–H groups in total. The summed E-state index contributed by atoms with van der Waals surface area (Å²) in [5.74, 6) is -0.745. The van der Waals surface area contributed by atoms with Crippen LogP contribution in [0.25, 0.3) is 17.0 Å². The Balaban J connectivity index is 1.91. The zero-order valence-corrected chi connectivity index (χ0v) is 13.9. The molecule has 1 amide bonds. The molecule has 0 aliphatic rings. The van der Waals surface area contributed by atoms with Crippen LogP contribution in [0.2, 0.25) is 0 Å². The quantitative estimate of drug-likeness (QED) is 0.761. The van der Waals surface area contributed by atoms with E-state index >= 15 is 0 Å². The predicted octanol–water partition coefficient (Wildman–Crippen LogP) is 4.02. The SMILES string of the molecule is CC(C)(C)OC(=O)Nc1cc2nc(-c3ccc(F)cc3)nn2cc1F. The number of benzene rings is 1. The summed E-state index contributed by atoms with van der Waals surface area (Å²) in [4.78, 5) is 16.1. The Morgan fingerprint density at radius 1 is 1.20 bits per heavy atom. The Morgan fingerprint density at radius 3 is 2.52 bits per heavy atom. The second kappa shape index (κ2) is 6.12. The number of nitrogens with zero attached hydrogens (tertiary/aromatic N) is 3. The molecule has 0 unspecified atom stereocenters. The maximum absolute atomic E-state index is 14.2. The molecule has 0 bridgehead atoms. The first kappa shape index (κ1) is 16.8. The smallest absolute Gasteiger partial charge is 0.412 e. The zero-order chi connectivity index (χ0) is 18.2. The molecule has 0 aliphatic carbocycles. The summed E-state index contributed by atoms with van der Waals surface area (Å²) in [6.07, 6.45) is 0.330. The number of rotatable bonds is 2. The number of fused-ring (bicyclic) bond motifs is 1. The molecule has 0 atom stereocenters. The van der Waals surface area contributed by atoms with Crippen molar-refractivity contribution < 1.29 is 18.3 Å². The highest BCUT2D eigenvalue weighted by Gasteiger charge is 2.18. The molecule has 2 aromatic heterocycles. The van der Waals surface area contributed by atoms with Crippen LogP contribution in [-0.4, -0.2) is 26.3 Å². The van der Waals surface area contributed by atoms with E-state index in [1.165, 1.54) is 34.8 Å². The largest absolute Gasteiger partial charge is 0.444 e. The summed E-state index contributed by atoms with van der Waals surface area (Å²) in [5, 5.41) is 6.50. The van der Waals surface area contributed by atoms with Crippen LogP contribution in [0.3, 0.4) is 0 Å². The van der Waals surface area contributed by atoms with Gasteiger partial charge in [0.25, 0.3) is 0 Å². The number of hydrogen-bond donors (Lipinski definition) is 1. The molecular weight excluding hydrogens is 330 g/mol. The van der Waals surface area contributed by atoms with Gasteiger partial charge in [-0.05, 0) is 45.0 Å². The van der Waals surface area contributed by atoms with Crippen LogP contribution >= 0.6 is 0 Å². The highest BCUT2D eigenvalue weighted by atomic mass is 19.1. The molecule has 3 aromatic rings. The minimum atomic E-state index is -0.769. The molecule has 0 radical (unpaired) electrons. The van der Waals surface area contributed by atoms with E-state index in [0.717, 1.165) is 6.20 Å². The molecule has 0 aliphatic heterocycles. The fraction of sp³-hybridized carbons (Fsp3) is 0.235. The Labute approximate surface area is 142 Å². The van der Waals surface area contributed by atoms with Gasteiger partial charge in [-0.15, -0.1) is 5.10 Å². The van der Waals surface area contributed by atoms with Crippen LogP contribution in [0, 0.1) is 11.6 Å². The van der Waals surface area contributed by atoms with Crippen molar-refractivity contribution in [3.8, 4) is 11.4 Å². The van der Waals surface area contributed by atoms with Crippen LogP contribution in [-0.2, 0) is 4.74 Å². The van der Waals surface area contributed by atoms with Crippen molar-refractivity contribution in [1.29, 1.82) is 0 Å². The second-order valence-electron chi connectivity index (χ2n) is 6.41. The molecule has 0 saturated heterocycles. The zero-order valence-electron chi connectivity index (χ0n) is 13.9. The Kier molecular flexibility index (Phi) is 4.12. The number of ether oxygens (including phenoxy) is 1. The minimum Gasteiger partial charge on any atom is -0.444 e. The predicted molar refractivity (Wildman–Crippen MR) is 88.2 cm³/mol. The summed E-state index contributed by atoms with van der Waals surface area (Å²) in [7, 11) is 0. The minimum absolute atomic E-state index is 0.0696. The maximum Gasteiger partial charge on any atom is 0.412 e. The number of amides is 1. The van der Waals surface area contributed by atoms with E-state index < -0.39 is 17.5 Å². The van der Waals surface area contributed by atoms with Crippen molar-refractivity contribution in [2.75, 3.05) is 5.32 Å². The molecule has 0 fully saturated rings. The van der Waals surface area contributed by atoms with Gasteiger partial charge >= 0.3 is 6.09 Å². The average Bonchev–Trinajstić information content (AvgIpc) is 2.89. The van der Waals surface area contributed by atoms with Gasteiger partial charge in [-0.2, -0.15) is 0 Å². The van der Waals surface area contributed by atoms with E-state index in [9.17, 15) is 13.6 Å². The maximum atomic E-state index is 14.2. The van der Waals surface area contributed by atoms with Crippen LogP contribution < -0.4 is 5.32 Å². The third kappa shape index (κ3) is 3.90. The first-order chi connectivity index (χ1) is 11.7. The highest BCUT2D eigenvalue weighted by molar-refractivity contribution is 5.85. The number of pyridine rings is 1. The van der Waals surface area contributed by atoms with Crippen molar-refractivity contribution in [2.24, 2.45) is 0 Å². The van der Waals surface area contributed by atoms with Gasteiger partial charge in [-0.3, -0.25) is 5.32 Å². The third-order valence-corrected chi connectivity index (χ3v) is 3.16. The fourth-order valence-electron chi connectivity index (χ4n) is 2.13. The van der Waals surface area contributed by atoms with E-state index in [1.807, 2.05) is 0 Å². The van der Waals surface area contributed by atoms with Crippen LogP contribution in [0.15, 0.2) is 36.5 Å². The number of nitrogens with one attached hydrogen (secondary N) is 1. The van der Waals surface area contributed by atoms with E-state index in [-0.39, 0.29) is 11.5 Å². The molecule has 0 saturated carbocycles. The van der Waals surface area contributed by atoms with Crippen molar-refractivity contribution in [3.63, 3.8) is 0 Å². The van der Waals surface area contributed by atoms with E-state index in [0.29, 0.717) is 17.0 Å². The van der Waals surface area contributed by atoms with Crippen molar-refractivity contribution in [1.82, 2.24) is 14.6 Å². The molecule has 130 valence electrons. The summed E-state index contributed by atoms with van der Waals surface area (Å²) in [5.41, 5.74) is 0.147. The summed E-state index contributed by atoms with van der Waals surface area (Å²) in [6.45, 7) is 5.12. The lowest BCUT2D eigenvalue weighted by atomic mass is 10.2. The highest BCUT2D eigenvalue weighted by Crippen LogP contribution is 2.21. The lowest BCUT2D eigenvalue weighted by molar-refractivity contribution is 0.0635. The van der Waals surface area contributed by atoms with Crippen molar-refractivity contribution in [3.05, 3.63) is 48.2 Å².